The van der Waals surface area contributed by atoms with Crippen LogP contribution in [0.4, 0.5) is 5.69 Å². The Balaban J connectivity index is 1.51. The van der Waals surface area contributed by atoms with Crippen molar-refractivity contribution in [2.24, 2.45) is 0 Å². The van der Waals surface area contributed by atoms with Crippen molar-refractivity contribution in [1.82, 2.24) is 4.90 Å². The molecule has 1 aromatic heterocycles. The summed E-state index contributed by atoms with van der Waals surface area (Å²) in [6, 6.07) is 9.69. The lowest BCUT2D eigenvalue weighted by Gasteiger charge is -2.35. The van der Waals surface area contributed by atoms with Crippen LogP contribution in [0.1, 0.15) is 53.5 Å². The van der Waals surface area contributed by atoms with Crippen LogP contribution in [-0.4, -0.2) is 41.9 Å². The van der Waals surface area contributed by atoms with Crippen LogP contribution in [0.3, 0.4) is 0 Å². The van der Waals surface area contributed by atoms with Gasteiger partial charge in [0, 0.05) is 18.3 Å². The number of hydrogen-bond acceptors (Lipinski definition) is 5. The summed E-state index contributed by atoms with van der Waals surface area (Å²) in [5, 5.41) is 2.67. The first-order chi connectivity index (χ1) is 13.6. The van der Waals surface area contributed by atoms with Crippen molar-refractivity contribution in [2.75, 3.05) is 18.5 Å². The maximum atomic E-state index is 12.4. The number of esters is 1. The Morgan fingerprint density at radius 2 is 1.96 bits per heavy atom. The molecule has 1 N–H and O–H groups in total. The Morgan fingerprint density at radius 1 is 1.18 bits per heavy atom. The molecule has 3 rings (SSSR count). The first-order valence-corrected chi connectivity index (χ1v) is 9.50. The second-order valence-corrected chi connectivity index (χ2v) is 6.73. The van der Waals surface area contributed by atoms with Crippen LogP contribution in [-0.2, 0) is 9.53 Å². The molecule has 1 aromatic carbocycles. The largest absolute Gasteiger partial charge is 0.459 e. The third-order valence-corrected chi connectivity index (χ3v) is 4.87. The van der Waals surface area contributed by atoms with Gasteiger partial charge in [-0.2, -0.15) is 0 Å². The lowest BCUT2D eigenvalue weighted by Crippen LogP contribution is -2.45. The zero-order valence-corrected chi connectivity index (χ0v) is 15.8. The fraction of sp³-hybridized carbons (Fsp3) is 0.381. The summed E-state index contributed by atoms with van der Waals surface area (Å²) in [7, 11) is 0. The van der Waals surface area contributed by atoms with E-state index in [9.17, 15) is 14.4 Å². The Labute approximate surface area is 163 Å². The van der Waals surface area contributed by atoms with E-state index in [2.05, 4.69) is 12.2 Å². The molecule has 1 atom stereocenters. The first kappa shape index (κ1) is 19.7. The number of nitrogens with one attached hydrogen (secondary N) is 1. The zero-order valence-electron chi connectivity index (χ0n) is 15.8. The van der Waals surface area contributed by atoms with Crippen molar-refractivity contribution in [3.63, 3.8) is 0 Å². The average Bonchev–Trinajstić information content (AvgIpc) is 3.27. The van der Waals surface area contributed by atoms with Crippen LogP contribution in [0.15, 0.2) is 47.1 Å². The molecule has 0 radical (unpaired) electrons. The molecule has 7 nitrogen and oxygen atoms in total. The first-order valence-electron chi connectivity index (χ1n) is 9.50. The second-order valence-electron chi connectivity index (χ2n) is 6.73. The molecule has 0 aliphatic carbocycles. The van der Waals surface area contributed by atoms with Crippen LogP contribution in [0, 0.1) is 0 Å². The molecule has 148 valence electrons. The summed E-state index contributed by atoms with van der Waals surface area (Å²) in [6.45, 7) is 2.53. The van der Waals surface area contributed by atoms with Crippen molar-refractivity contribution in [3.05, 3.63) is 54.0 Å². The molecule has 0 bridgehead atoms. The molecule has 28 heavy (non-hydrogen) atoms. The number of rotatable bonds is 6. The number of carbonyl (C=O) groups excluding carboxylic acids is 3. The van der Waals surface area contributed by atoms with E-state index in [0.717, 1.165) is 32.2 Å². The van der Waals surface area contributed by atoms with E-state index in [-0.39, 0.29) is 30.2 Å². The standard InChI is InChI=1S/C21H24N2O5/c1-2-17-6-3-4-12-23(17)19(24)14-28-21(26)15-8-10-16(11-9-15)22-20(25)18-7-5-13-27-18/h5,7-11,13,17H,2-4,6,12,14H2,1H3,(H,22,25)/t17-/m0/s1. The minimum atomic E-state index is -0.567. The van der Waals surface area contributed by atoms with E-state index in [1.165, 1.54) is 6.26 Å². The van der Waals surface area contributed by atoms with Crippen LogP contribution < -0.4 is 5.32 Å². The second kappa shape index (κ2) is 9.21. The molecule has 2 aromatic rings. The highest BCUT2D eigenvalue weighted by atomic mass is 16.5. The molecule has 0 spiro atoms. The summed E-state index contributed by atoms with van der Waals surface area (Å²) >= 11 is 0. The van der Waals surface area contributed by atoms with Gasteiger partial charge in [0.1, 0.15) is 0 Å². The molecule has 2 heterocycles. The Bertz CT molecular complexity index is 814. The van der Waals surface area contributed by atoms with Crippen LogP contribution >= 0.6 is 0 Å². The van der Waals surface area contributed by atoms with Crippen LogP contribution in [0.25, 0.3) is 0 Å². The predicted molar refractivity (Wildman–Crippen MR) is 103 cm³/mol. The Hall–Kier alpha value is -3.09. The van der Waals surface area contributed by atoms with Gasteiger partial charge in [-0.15, -0.1) is 0 Å². The predicted octanol–water partition coefficient (Wildman–Crippen LogP) is 3.48. The van der Waals surface area contributed by atoms with Gasteiger partial charge >= 0.3 is 5.97 Å². The molecule has 0 saturated carbocycles. The fourth-order valence-electron chi connectivity index (χ4n) is 3.34. The number of anilines is 1. The number of carbonyl (C=O) groups is 3. The SMILES string of the molecule is CC[C@H]1CCCCN1C(=O)COC(=O)c1ccc(NC(=O)c2ccco2)cc1. The monoisotopic (exact) mass is 384 g/mol. The normalized spacial score (nSPS) is 16.5. The number of benzene rings is 1. The van der Waals surface area contributed by atoms with Gasteiger partial charge in [-0.3, -0.25) is 9.59 Å². The molecule has 2 amide bonds. The van der Waals surface area contributed by atoms with Gasteiger partial charge in [-0.05, 0) is 62.1 Å². The number of amides is 2. The Kier molecular flexibility index (Phi) is 6.47. The molecule has 1 aliphatic heterocycles. The molecule has 0 unspecified atom stereocenters. The van der Waals surface area contributed by atoms with E-state index in [0.29, 0.717) is 11.3 Å². The summed E-state index contributed by atoms with van der Waals surface area (Å²) in [5.74, 6) is -0.896. The van der Waals surface area contributed by atoms with Gasteiger partial charge in [0.25, 0.3) is 11.8 Å². The van der Waals surface area contributed by atoms with Crippen molar-refractivity contribution >= 4 is 23.5 Å². The van der Waals surface area contributed by atoms with Gasteiger partial charge in [0.05, 0.1) is 11.8 Å². The highest BCUT2D eigenvalue weighted by Crippen LogP contribution is 2.19. The topological polar surface area (TPSA) is 88.9 Å². The molecule has 1 fully saturated rings. The van der Waals surface area contributed by atoms with E-state index >= 15 is 0 Å². The number of piperidine rings is 1. The number of furan rings is 1. The maximum Gasteiger partial charge on any atom is 0.338 e. The van der Waals surface area contributed by atoms with Gasteiger partial charge in [0.2, 0.25) is 0 Å². The summed E-state index contributed by atoms with van der Waals surface area (Å²) in [6.07, 6.45) is 5.44. The van der Waals surface area contributed by atoms with Gasteiger partial charge in [0.15, 0.2) is 12.4 Å². The van der Waals surface area contributed by atoms with Gasteiger partial charge in [-0.1, -0.05) is 6.92 Å². The minimum absolute atomic E-state index is 0.151. The van der Waals surface area contributed by atoms with Crippen molar-refractivity contribution < 1.29 is 23.5 Å². The number of ether oxygens (including phenoxy) is 1. The molecule has 7 heteroatoms. The summed E-state index contributed by atoms with van der Waals surface area (Å²) in [5.41, 5.74) is 0.836. The Morgan fingerprint density at radius 3 is 2.64 bits per heavy atom. The van der Waals surface area contributed by atoms with Crippen molar-refractivity contribution in [1.29, 1.82) is 0 Å². The smallest absolute Gasteiger partial charge is 0.338 e. The highest BCUT2D eigenvalue weighted by Gasteiger charge is 2.26. The maximum absolute atomic E-state index is 12.4. The molecule has 1 aliphatic rings. The minimum Gasteiger partial charge on any atom is -0.459 e. The van der Waals surface area contributed by atoms with E-state index in [4.69, 9.17) is 9.15 Å². The third kappa shape index (κ3) is 4.79. The van der Waals surface area contributed by atoms with Gasteiger partial charge < -0.3 is 19.4 Å². The van der Waals surface area contributed by atoms with E-state index in [1.807, 2.05) is 4.90 Å². The van der Waals surface area contributed by atoms with Crippen LogP contribution in [0.5, 0.6) is 0 Å². The summed E-state index contributed by atoms with van der Waals surface area (Å²) < 4.78 is 10.2. The average molecular weight is 384 g/mol. The van der Waals surface area contributed by atoms with E-state index in [1.54, 1.807) is 36.4 Å². The summed E-state index contributed by atoms with van der Waals surface area (Å²) in [4.78, 5) is 38.3. The zero-order chi connectivity index (χ0) is 19.9. The lowest BCUT2D eigenvalue weighted by molar-refractivity contribution is -0.138. The quantitative estimate of drug-likeness (QED) is 0.770. The molecular weight excluding hydrogens is 360 g/mol. The number of likely N-dealkylation sites (tertiary alicyclic amines) is 1. The molecular formula is C21H24N2O5. The third-order valence-electron chi connectivity index (χ3n) is 4.87. The fourth-order valence-corrected chi connectivity index (χ4v) is 3.34. The van der Waals surface area contributed by atoms with E-state index < -0.39 is 5.97 Å². The van der Waals surface area contributed by atoms with Gasteiger partial charge in [-0.25, -0.2) is 4.79 Å². The number of nitrogens with zero attached hydrogens (tertiary/aromatic N) is 1. The number of hydrogen-bond donors (Lipinski definition) is 1. The lowest BCUT2D eigenvalue weighted by atomic mass is 10.00. The molecule has 1 saturated heterocycles. The van der Waals surface area contributed by atoms with Crippen molar-refractivity contribution in [3.8, 4) is 0 Å². The van der Waals surface area contributed by atoms with Crippen molar-refractivity contribution in [2.45, 2.75) is 38.6 Å². The van der Waals surface area contributed by atoms with Crippen LogP contribution in [0.2, 0.25) is 0 Å². The highest BCUT2D eigenvalue weighted by molar-refractivity contribution is 6.02.